The molecule has 0 saturated heterocycles. The van der Waals surface area contributed by atoms with E-state index in [-0.39, 0.29) is 17.2 Å². The summed E-state index contributed by atoms with van der Waals surface area (Å²) in [5.41, 5.74) is -0.187. The maximum absolute atomic E-state index is 11.8. The van der Waals surface area contributed by atoms with Gasteiger partial charge < -0.3 is 9.47 Å². The van der Waals surface area contributed by atoms with Gasteiger partial charge in [-0.1, -0.05) is 13.5 Å². The van der Waals surface area contributed by atoms with E-state index in [2.05, 4.69) is 20.4 Å². The standard InChI is InChI=1S/C17H26O3/c1-4-15(18)20-17(5-2)13-7-12-8-14(17)11-16(9-12,10-13)19-6-3/h4,12-14H,1,5-11H2,2-3H3. The van der Waals surface area contributed by atoms with E-state index in [0.717, 1.165) is 31.8 Å². The highest BCUT2D eigenvalue weighted by atomic mass is 16.6. The first-order valence-electron chi connectivity index (χ1n) is 8.07. The maximum atomic E-state index is 11.8. The van der Waals surface area contributed by atoms with E-state index >= 15 is 0 Å². The Bertz CT molecular complexity index is 398. The third-order valence-corrected chi connectivity index (χ3v) is 5.98. The average Bonchev–Trinajstić information content (AvgIpc) is 2.42. The summed E-state index contributed by atoms with van der Waals surface area (Å²) in [6, 6.07) is 0. The zero-order valence-corrected chi connectivity index (χ0v) is 12.7. The Hall–Kier alpha value is -0.830. The molecule has 3 nitrogen and oxygen atoms in total. The molecule has 0 heterocycles. The quantitative estimate of drug-likeness (QED) is 0.570. The second-order valence-electron chi connectivity index (χ2n) is 6.89. The van der Waals surface area contributed by atoms with Gasteiger partial charge in [0.05, 0.1) is 5.60 Å². The molecule has 4 aliphatic carbocycles. The topological polar surface area (TPSA) is 35.5 Å². The third kappa shape index (κ3) is 1.93. The summed E-state index contributed by atoms with van der Waals surface area (Å²) in [5, 5.41) is 0. The Morgan fingerprint density at radius 2 is 1.90 bits per heavy atom. The predicted octanol–water partition coefficient (Wildman–Crippen LogP) is 3.48. The Balaban J connectivity index is 1.89. The number of hydrogen-bond acceptors (Lipinski definition) is 3. The molecule has 3 heteroatoms. The molecular weight excluding hydrogens is 252 g/mol. The van der Waals surface area contributed by atoms with Gasteiger partial charge in [0.1, 0.15) is 5.60 Å². The highest BCUT2D eigenvalue weighted by molar-refractivity contribution is 5.81. The largest absolute Gasteiger partial charge is 0.455 e. The minimum atomic E-state index is -0.261. The molecule has 2 atom stereocenters. The SMILES string of the molecule is C=CC(=O)OC1(CC)C2CC3CC1CC(OCC)(C3)C2. The van der Waals surface area contributed by atoms with E-state index < -0.39 is 0 Å². The Labute approximate surface area is 121 Å². The van der Waals surface area contributed by atoms with Gasteiger partial charge in [-0.25, -0.2) is 4.79 Å². The smallest absolute Gasteiger partial charge is 0.330 e. The number of carbonyl (C=O) groups excluding carboxylic acids is 1. The van der Waals surface area contributed by atoms with Gasteiger partial charge >= 0.3 is 5.97 Å². The fourth-order valence-electron chi connectivity index (χ4n) is 5.51. The molecule has 4 rings (SSSR count). The molecule has 0 aromatic rings. The minimum Gasteiger partial charge on any atom is -0.455 e. The van der Waals surface area contributed by atoms with Gasteiger partial charge in [0.15, 0.2) is 0 Å². The molecule has 4 bridgehead atoms. The number of esters is 1. The Morgan fingerprint density at radius 1 is 1.25 bits per heavy atom. The average molecular weight is 278 g/mol. The van der Waals surface area contributed by atoms with Crippen molar-refractivity contribution in [2.75, 3.05) is 6.61 Å². The van der Waals surface area contributed by atoms with Crippen LogP contribution in [0.25, 0.3) is 0 Å². The van der Waals surface area contributed by atoms with Gasteiger partial charge in [0.2, 0.25) is 0 Å². The lowest BCUT2D eigenvalue weighted by molar-refractivity contribution is -0.250. The van der Waals surface area contributed by atoms with Crippen LogP contribution in [-0.4, -0.2) is 23.8 Å². The van der Waals surface area contributed by atoms with Crippen LogP contribution in [0, 0.1) is 17.8 Å². The molecule has 0 N–H and O–H groups in total. The summed E-state index contributed by atoms with van der Waals surface area (Å²) in [5.74, 6) is 1.44. The van der Waals surface area contributed by atoms with Gasteiger partial charge in [-0.05, 0) is 51.4 Å². The van der Waals surface area contributed by atoms with Crippen molar-refractivity contribution in [2.24, 2.45) is 17.8 Å². The second-order valence-corrected chi connectivity index (χ2v) is 6.89. The van der Waals surface area contributed by atoms with Crippen LogP contribution in [0.4, 0.5) is 0 Å². The van der Waals surface area contributed by atoms with E-state index in [4.69, 9.17) is 9.47 Å². The minimum absolute atomic E-state index is 0.0739. The van der Waals surface area contributed by atoms with E-state index in [1.54, 1.807) is 0 Å². The van der Waals surface area contributed by atoms with Gasteiger partial charge in [-0.2, -0.15) is 0 Å². The van der Waals surface area contributed by atoms with Gasteiger partial charge in [-0.3, -0.25) is 0 Å². The van der Waals surface area contributed by atoms with E-state index in [0.29, 0.717) is 11.8 Å². The second kappa shape index (κ2) is 4.87. The fourth-order valence-corrected chi connectivity index (χ4v) is 5.51. The summed E-state index contributed by atoms with van der Waals surface area (Å²) in [7, 11) is 0. The first kappa shape index (κ1) is 14.1. The van der Waals surface area contributed by atoms with Crippen molar-refractivity contribution in [3.8, 4) is 0 Å². The molecule has 0 spiro atoms. The molecule has 0 aromatic heterocycles. The molecule has 0 amide bonds. The molecule has 4 saturated carbocycles. The first-order chi connectivity index (χ1) is 9.57. The lowest BCUT2D eigenvalue weighted by Crippen LogP contribution is -2.65. The summed E-state index contributed by atoms with van der Waals surface area (Å²) >= 11 is 0. The van der Waals surface area contributed by atoms with E-state index in [9.17, 15) is 4.79 Å². The van der Waals surface area contributed by atoms with Gasteiger partial charge in [-0.15, -0.1) is 0 Å². The van der Waals surface area contributed by atoms with Crippen LogP contribution in [0.1, 0.15) is 52.4 Å². The van der Waals surface area contributed by atoms with Crippen molar-refractivity contribution in [1.29, 1.82) is 0 Å². The number of ether oxygens (including phenoxy) is 2. The zero-order valence-electron chi connectivity index (χ0n) is 12.7. The highest BCUT2D eigenvalue weighted by Crippen LogP contribution is 2.63. The summed E-state index contributed by atoms with van der Waals surface area (Å²) < 4.78 is 12.1. The summed E-state index contributed by atoms with van der Waals surface area (Å²) in [4.78, 5) is 11.8. The normalized spacial score (nSPS) is 45.4. The van der Waals surface area contributed by atoms with Crippen LogP contribution in [0.5, 0.6) is 0 Å². The molecule has 4 aliphatic rings. The first-order valence-corrected chi connectivity index (χ1v) is 8.07. The van der Waals surface area contributed by atoms with Crippen LogP contribution >= 0.6 is 0 Å². The van der Waals surface area contributed by atoms with Crippen LogP contribution in [0.15, 0.2) is 12.7 Å². The number of carbonyl (C=O) groups is 1. The van der Waals surface area contributed by atoms with Crippen molar-refractivity contribution in [3.05, 3.63) is 12.7 Å². The van der Waals surface area contributed by atoms with Crippen LogP contribution in [0.3, 0.4) is 0 Å². The Morgan fingerprint density at radius 3 is 2.40 bits per heavy atom. The van der Waals surface area contributed by atoms with E-state index in [1.165, 1.54) is 25.3 Å². The van der Waals surface area contributed by atoms with Crippen molar-refractivity contribution in [3.63, 3.8) is 0 Å². The molecule has 20 heavy (non-hydrogen) atoms. The molecule has 0 aliphatic heterocycles. The number of rotatable bonds is 5. The number of hydrogen-bond donors (Lipinski definition) is 0. The Kier molecular flexibility index (Phi) is 3.44. The molecule has 2 unspecified atom stereocenters. The van der Waals surface area contributed by atoms with Gasteiger partial charge in [0.25, 0.3) is 0 Å². The molecule has 4 fully saturated rings. The molecule has 0 aromatic carbocycles. The molecule has 112 valence electrons. The molecule has 0 radical (unpaired) electrons. The lowest BCUT2D eigenvalue weighted by atomic mass is 9.47. The van der Waals surface area contributed by atoms with Crippen molar-refractivity contribution in [2.45, 2.75) is 63.6 Å². The van der Waals surface area contributed by atoms with Crippen LogP contribution in [0.2, 0.25) is 0 Å². The highest BCUT2D eigenvalue weighted by Gasteiger charge is 2.63. The fraction of sp³-hybridized carbons (Fsp3) is 0.824. The van der Waals surface area contributed by atoms with Crippen LogP contribution < -0.4 is 0 Å². The maximum Gasteiger partial charge on any atom is 0.330 e. The monoisotopic (exact) mass is 278 g/mol. The van der Waals surface area contributed by atoms with Crippen LogP contribution in [-0.2, 0) is 14.3 Å². The predicted molar refractivity (Wildman–Crippen MR) is 77.2 cm³/mol. The van der Waals surface area contributed by atoms with Crippen molar-refractivity contribution < 1.29 is 14.3 Å². The lowest BCUT2D eigenvalue weighted by Gasteiger charge is -2.63. The van der Waals surface area contributed by atoms with Gasteiger partial charge in [0, 0.05) is 24.5 Å². The zero-order chi connectivity index (χ0) is 14.4. The molecular formula is C17H26O3. The third-order valence-electron chi connectivity index (χ3n) is 5.98. The van der Waals surface area contributed by atoms with Crippen molar-refractivity contribution in [1.82, 2.24) is 0 Å². The van der Waals surface area contributed by atoms with Crippen molar-refractivity contribution >= 4 is 5.97 Å². The summed E-state index contributed by atoms with van der Waals surface area (Å²) in [6.07, 6.45) is 7.95. The van der Waals surface area contributed by atoms with E-state index in [1.807, 2.05) is 0 Å². The summed E-state index contributed by atoms with van der Waals surface area (Å²) in [6.45, 7) is 8.59.